The average molecular weight is 395 g/mol. The van der Waals surface area contributed by atoms with Crippen LogP contribution >= 0.6 is 23.2 Å². The summed E-state index contributed by atoms with van der Waals surface area (Å²) in [5, 5.41) is 9.78. The zero-order valence-corrected chi connectivity index (χ0v) is 16.6. The van der Waals surface area contributed by atoms with Crippen molar-refractivity contribution >= 4 is 28.8 Å². The SMILES string of the molecule is Cn1nc(C(C)(C)C)c(=O)n2ncc(COCc3c(Cl)cccc3Cl)c12. The molecule has 0 radical (unpaired) electrons. The van der Waals surface area contributed by atoms with Crippen LogP contribution in [0.15, 0.2) is 29.2 Å². The van der Waals surface area contributed by atoms with Crippen molar-refractivity contribution in [3.8, 4) is 0 Å². The Morgan fingerprint density at radius 3 is 2.42 bits per heavy atom. The molecule has 6 nitrogen and oxygen atoms in total. The summed E-state index contributed by atoms with van der Waals surface area (Å²) >= 11 is 12.3. The lowest BCUT2D eigenvalue weighted by Gasteiger charge is -2.17. The summed E-state index contributed by atoms with van der Waals surface area (Å²) < 4.78 is 8.79. The monoisotopic (exact) mass is 394 g/mol. The third-order valence-corrected chi connectivity index (χ3v) is 4.75. The number of nitrogens with zero attached hydrogens (tertiary/aromatic N) is 4. The highest BCUT2D eigenvalue weighted by Crippen LogP contribution is 2.25. The number of hydrogen-bond acceptors (Lipinski definition) is 4. The van der Waals surface area contributed by atoms with Gasteiger partial charge in [0, 0.05) is 33.6 Å². The van der Waals surface area contributed by atoms with E-state index >= 15 is 0 Å². The second kappa shape index (κ2) is 7.02. The third-order valence-electron chi connectivity index (χ3n) is 4.04. The maximum absolute atomic E-state index is 12.7. The largest absolute Gasteiger partial charge is 0.372 e. The van der Waals surface area contributed by atoms with Gasteiger partial charge in [-0.05, 0) is 12.1 Å². The van der Waals surface area contributed by atoms with Crippen molar-refractivity contribution in [2.75, 3.05) is 0 Å². The molecule has 0 unspecified atom stereocenters. The van der Waals surface area contributed by atoms with Crippen molar-refractivity contribution < 1.29 is 4.74 Å². The minimum Gasteiger partial charge on any atom is -0.372 e. The Morgan fingerprint density at radius 1 is 1.15 bits per heavy atom. The molecule has 8 heteroatoms. The highest BCUT2D eigenvalue weighted by molar-refractivity contribution is 6.35. The van der Waals surface area contributed by atoms with Crippen molar-refractivity contribution in [3.63, 3.8) is 0 Å². The molecule has 0 spiro atoms. The molecule has 0 saturated heterocycles. The summed E-state index contributed by atoms with van der Waals surface area (Å²) in [7, 11) is 1.79. The molecule has 3 aromatic rings. The first-order chi connectivity index (χ1) is 12.2. The van der Waals surface area contributed by atoms with Crippen LogP contribution in [-0.4, -0.2) is 19.4 Å². The van der Waals surface area contributed by atoms with E-state index in [0.29, 0.717) is 21.4 Å². The van der Waals surface area contributed by atoms with Gasteiger partial charge in [0.1, 0.15) is 5.69 Å². The van der Waals surface area contributed by atoms with Gasteiger partial charge in [-0.3, -0.25) is 9.48 Å². The Morgan fingerprint density at radius 2 is 1.81 bits per heavy atom. The van der Waals surface area contributed by atoms with Gasteiger partial charge in [0.2, 0.25) is 0 Å². The van der Waals surface area contributed by atoms with Crippen LogP contribution in [0, 0.1) is 0 Å². The number of aryl methyl sites for hydroxylation is 1. The van der Waals surface area contributed by atoms with Gasteiger partial charge in [-0.2, -0.15) is 14.7 Å². The minimum absolute atomic E-state index is 0.217. The number of hydrogen-bond donors (Lipinski definition) is 0. The van der Waals surface area contributed by atoms with Crippen LogP contribution in [0.5, 0.6) is 0 Å². The molecule has 0 bridgehead atoms. The summed E-state index contributed by atoms with van der Waals surface area (Å²) in [6.07, 6.45) is 1.62. The number of ether oxygens (including phenoxy) is 1. The van der Waals surface area contributed by atoms with Gasteiger partial charge < -0.3 is 4.74 Å². The molecule has 0 saturated carbocycles. The van der Waals surface area contributed by atoms with Gasteiger partial charge in [-0.25, -0.2) is 0 Å². The second-order valence-corrected chi connectivity index (χ2v) is 7.94. The van der Waals surface area contributed by atoms with Crippen LogP contribution in [-0.2, 0) is 30.4 Å². The first-order valence-electron chi connectivity index (χ1n) is 8.15. The number of fused-ring (bicyclic) bond motifs is 1. The van der Waals surface area contributed by atoms with Crippen molar-refractivity contribution in [1.29, 1.82) is 0 Å². The van der Waals surface area contributed by atoms with E-state index in [1.54, 1.807) is 36.1 Å². The number of rotatable bonds is 4. The van der Waals surface area contributed by atoms with E-state index in [1.807, 2.05) is 20.8 Å². The molecule has 1 aromatic carbocycles. The Labute approximate surface area is 161 Å². The van der Waals surface area contributed by atoms with E-state index in [1.165, 1.54) is 4.52 Å². The van der Waals surface area contributed by atoms with E-state index in [9.17, 15) is 4.79 Å². The molecule has 2 heterocycles. The number of halogens is 2. The molecule has 0 aliphatic rings. The molecule has 0 aliphatic heterocycles. The van der Waals surface area contributed by atoms with Crippen LogP contribution < -0.4 is 5.56 Å². The molecule has 0 aliphatic carbocycles. The van der Waals surface area contributed by atoms with Gasteiger partial charge >= 0.3 is 0 Å². The molecular formula is C18H20Cl2N4O2. The first-order valence-corrected chi connectivity index (χ1v) is 8.91. The van der Waals surface area contributed by atoms with Crippen molar-refractivity contribution in [2.24, 2.45) is 7.05 Å². The standard InChI is InChI=1S/C18H20Cl2N4O2/c1-18(2,3)15-17(25)24-16(23(4)22-15)11(8-21-24)9-26-10-12-13(19)6-5-7-14(12)20/h5-8H,9-10H2,1-4H3. The predicted octanol–water partition coefficient (Wildman–Crippen LogP) is 3.75. The molecule has 0 N–H and O–H groups in total. The quantitative estimate of drug-likeness (QED) is 0.675. The maximum Gasteiger partial charge on any atom is 0.296 e. The van der Waals surface area contributed by atoms with Gasteiger partial charge in [0.25, 0.3) is 5.56 Å². The average Bonchev–Trinajstić information content (AvgIpc) is 2.97. The molecule has 0 fully saturated rings. The summed E-state index contributed by atoms with van der Waals surface area (Å²) in [5.41, 5.74) is 1.98. The fourth-order valence-electron chi connectivity index (χ4n) is 2.72. The zero-order chi connectivity index (χ0) is 19.1. The summed E-state index contributed by atoms with van der Waals surface area (Å²) in [5.74, 6) is 0. The third kappa shape index (κ3) is 3.49. The highest BCUT2D eigenvalue weighted by Gasteiger charge is 2.24. The molecular weight excluding hydrogens is 375 g/mol. The lowest BCUT2D eigenvalue weighted by Crippen LogP contribution is -2.32. The summed E-state index contributed by atoms with van der Waals surface area (Å²) in [6.45, 7) is 6.36. The van der Waals surface area contributed by atoms with E-state index in [2.05, 4.69) is 10.2 Å². The predicted molar refractivity (Wildman–Crippen MR) is 102 cm³/mol. The van der Waals surface area contributed by atoms with Crippen molar-refractivity contribution in [2.45, 2.75) is 39.4 Å². The lowest BCUT2D eigenvalue weighted by molar-refractivity contribution is 0.108. The fraction of sp³-hybridized carbons (Fsp3) is 0.389. The van der Waals surface area contributed by atoms with E-state index in [-0.39, 0.29) is 24.2 Å². The van der Waals surface area contributed by atoms with Crippen molar-refractivity contribution in [1.82, 2.24) is 19.4 Å². The van der Waals surface area contributed by atoms with Crippen LogP contribution in [0.1, 0.15) is 37.6 Å². The Kier molecular flexibility index (Phi) is 5.10. The van der Waals surface area contributed by atoms with Crippen LogP contribution in [0.2, 0.25) is 10.0 Å². The highest BCUT2D eigenvalue weighted by atomic mass is 35.5. The Bertz CT molecular complexity index is 998. The van der Waals surface area contributed by atoms with Gasteiger partial charge in [0.05, 0.1) is 19.4 Å². The smallest absolute Gasteiger partial charge is 0.296 e. The molecule has 138 valence electrons. The Hall–Kier alpha value is -1.89. The van der Waals surface area contributed by atoms with Crippen LogP contribution in [0.3, 0.4) is 0 Å². The number of benzene rings is 1. The zero-order valence-electron chi connectivity index (χ0n) is 15.1. The maximum atomic E-state index is 12.7. The first kappa shape index (κ1) is 18.9. The molecule has 0 amide bonds. The van der Waals surface area contributed by atoms with E-state index in [4.69, 9.17) is 27.9 Å². The van der Waals surface area contributed by atoms with E-state index in [0.717, 1.165) is 11.1 Å². The second-order valence-electron chi connectivity index (χ2n) is 7.13. The van der Waals surface area contributed by atoms with Gasteiger partial charge in [0.15, 0.2) is 5.65 Å². The normalized spacial score (nSPS) is 12.1. The fourth-order valence-corrected chi connectivity index (χ4v) is 3.22. The van der Waals surface area contributed by atoms with Crippen molar-refractivity contribution in [3.05, 3.63) is 61.6 Å². The molecule has 2 aromatic heterocycles. The number of aromatic nitrogens is 4. The minimum atomic E-state index is -0.369. The molecule has 3 rings (SSSR count). The van der Waals surface area contributed by atoms with Crippen LogP contribution in [0.25, 0.3) is 5.65 Å². The molecule has 26 heavy (non-hydrogen) atoms. The van der Waals surface area contributed by atoms with E-state index < -0.39 is 0 Å². The lowest BCUT2D eigenvalue weighted by atomic mass is 9.93. The van der Waals surface area contributed by atoms with Gasteiger partial charge in [-0.1, -0.05) is 50.0 Å². The Balaban J connectivity index is 1.88. The van der Waals surface area contributed by atoms with Crippen LogP contribution in [0.4, 0.5) is 0 Å². The van der Waals surface area contributed by atoms with Gasteiger partial charge in [-0.15, -0.1) is 0 Å². The summed E-state index contributed by atoms with van der Waals surface area (Å²) in [6, 6.07) is 5.32. The molecule has 0 atom stereocenters. The topological polar surface area (TPSA) is 61.4 Å². The summed E-state index contributed by atoms with van der Waals surface area (Å²) in [4.78, 5) is 12.7.